The topological polar surface area (TPSA) is 219 Å². The van der Waals surface area contributed by atoms with E-state index in [0.29, 0.717) is 47.9 Å². The van der Waals surface area contributed by atoms with Gasteiger partial charge < -0.3 is 25.0 Å². The summed E-state index contributed by atoms with van der Waals surface area (Å²) in [4.78, 5) is 83.9. The van der Waals surface area contributed by atoms with Gasteiger partial charge in [0.1, 0.15) is 9.84 Å². The van der Waals surface area contributed by atoms with Gasteiger partial charge in [-0.1, -0.05) is 56.4 Å². The van der Waals surface area contributed by atoms with E-state index in [9.17, 15) is 37.2 Å². The predicted molar refractivity (Wildman–Crippen MR) is 256 cm³/mol. The van der Waals surface area contributed by atoms with Crippen molar-refractivity contribution >= 4 is 67.6 Å². The summed E-state index contributed by atoms with van der Waals surface area (Å²) < 4.78 is 38.0. The number of para-hydroxylation sites is 1. The van der Waals surface area contributed by atoms with Crippen LogP contribution in [0.4, 0.5) is 11.4 Å². The number of rotatable bonds is 22. The van der Waals surface area contributed by atoms with Crippen molar-refractivity contribution < 1.29 is 46.7 Å². The second-order valence-electron chi connectivity index (χ2n) is 17.8. The van der Waals surface area contributed by atoms with Gasteiger partial charge in [-0.25, -0.2) is 8.42 Å². The van der Waals surface area contributed by atoms with Gasteiger partial charge in [0.15, 0.2) is 11.5 Å². The Morgan fingerprint density at radius 2 is 1.51 bits per heavy atom. The van der Waals surface area contributed by atoms with Crippen LogP contribution in [-0.2, 0) is 36.1 Å². The molecule has 1 aromatic heterocycles. The minimum Gasteiger partial charge on any atom is -0.493 e. The van der Waals surface area contributed by atoms with Crippen molar-refractivity contribution in [2.24, 2.45) is 7.05 Å². The van der Waals surface area contributed by atoms with Crippen LogP contribution in [0.3, 0.4) is 0 Å². The lowest BCUT2D eigenvalue weighted by atomic mass is 9.92. The zero-order chi connectivity index (χ0) is 48.5. The molecule has 0 bridgehead atoms. The molecular formula is C49H62N8O10S. The normalized spacial score (nSPS) is 17.3. The molecule has 2 fully saturated rings. The molecule has 0 saturated carbocycles. The number of piperazine rings is 1. The quantitative estimate of drug-likeness (QED) is 0.0683. The summed E-state index contributed by atoms with van der Waals surface area (Å²) in [7, 11) is -0.409. The van der Waals surface area contributed by atoms with Gasteiger partial charge >= 0.3 is 0 Å². The van der Waals surface area contributed by atoms with E-state index in [1.54, 1.807) is 49.0 Å². The van der Waals surface area contributed by atoms with Gasteiger partial charge in [0, 0.05) is 57.7 Å². The lowest BCUT2D eigenvalue weighted by Gasteiger charge is -2.34. The Bertz CT molecular complexity index is 2660. The van der Waals surface area contributed by atoms with Crippen LogP contribution in [0.1, 0.15) is 115 Å². The molecule has 3 N–H and O–H groups in total. The maximum Gasteiger partial charge on any atom is 0.264 e. The number of carbonyl (C=O) groups excluding carboxylic acids is 6. The fraction of sp³-hybridized carbons (Fsp3) is 0.490. The monoisotopic (exact) mass is 954 g/mol. The number of nitrogens with one attached hydrogen (secondary N) is 3. The minimum atomic E-state index is -3.67. The first-order chi connectivity index (χ1) is 32.6. The van der Waals surface area contributed by atoms with Crippen molar-refractivity contribution in [1.29, 1.82) is 0 Å². The van der Waals surface area contributed by atoms with Crippen LogP contribution in [0.2, 0.25) is 0 Å². The molecule has 0 aliphatic carbocycles. The minimum absolute atomic E-state index is 0.0359. The zero-order valence-electron chi connectivity index (χ0n) is 39.3. The van der Waals surface area contributed by atoms with Gasteiger partial charge in [0.2, 0.25) is 23.6 Å². The third kappa shape index (κ3) is 11.9. The molecular weight excluding hydrogens is 893 g/mol. The number of hydrogen-bond acceptors (Lipinski definition) is 13. The van der Waals surface area contributed by atoms with Gasteiger partial charge in [0.05, 0.1) is 71.7 Å². The standard InChI is InChI=1S/C49H62N8O10S/c1-5-67-40-29-32(20-22-39(40)66-3)38(31-68(4,64)65)57-48(62)33-15-13-17-36(44(33)49(57)63)50-41(58)19-11-9-7-6-8-10-12-24-55-25-27-56(28-26-55)30-43(60)51-37-18-14-16-34-45(53-54(2)46(34)37)35-21-23-42(59)52-47(35)61/h13-18,20,22,29,35,38H,5-12,19,21,23-28,30-31H2,1-4H3,(H,50,58)(H,51,60)(H,52,59,61)/t35?,38-/m1/s1. The maximum absolute atomic E-state index is 14.0. The summed E-state index contributed by atoms with van der Waals surface area (Å²) in [5.74, 6) is -2.60. The largest absolute Gasteiger partial charge is 0.493 e. The highest BCUT2D eigenvalue weighted by Crippen LogP contribution is 2.39. The molecule has 0 radical (unpaired) electrons. The molecule has 364 valence electrons. The molecule has 68 heavy (non-hydrogen) atoms. The van der Waals surface area contributed by atoms with Gasteiger partial charge in [-0.15, -0.1) is 0 Å². The number of nitrogens with zero attached hydrogens (tertiary/aromatic N) is 5. The third-order valence-electron chi connectivity index (χ3n) is 12.8. The molecule has 3 aliphatic heterocycles. The number of aromatic nitrogens is 2. The lowest BCUT2D eigenvalue weighted by Crippen LogP contribution is -2.48. The predicted octanol–water partition coefficient (Wildman–Crippen LogP) is 5.20. The van der Waals surface area contributed by atoms with Crippen molar-refractivity contribution in [2.75, 3.05) is 75.6 Å². The number of sulfone groups is 1. The first-order valence-electron chi connectivity index (χ1n) is 23.5. The van der Waals surface area contributed by atoms with Crippen LogP contribution >= 0.6 is 0 Å². The Kier molecular flexibility index (Phi) is 16.3. The van der Waals surface area contributed by atoms with Crippen LogP contribution in [0.5, 0.6) is 11.5 Å². The second-order valence-corrected chi connectivity index (χ2v) is 20.0. The number of hydrogen-bond donors (Lipinski definition) is 3. The molecule has 2 atom stereocenters. The number of unbranched alkanes of at least 4 members (excludes halogenated alkanes) is 6. The number of methoxy groups -OCH3 is 1. The Labute approximate surface area is 397 Å². The van der Waals surface area contributed by atoms with Gasteiger partial charge in [-0.3, -0.25) is 48.6 Å². The number of fused-ring (bicyclic) bond motifs is 2. The highest BCUT2D eigenvalue weighted by molar-refractivity contribution is 7.90. The first kappa shape index (κ1) is 49.7. The smallest absolute Gasteiger partial charge is 0.264 e. The number of anilines is 2. The summed E-state index contributed by atoms with van der Waals surface area (Å²) >= 11 is 0. The van der Waals surface area contributed by atoms with Gasteiger partial charge in [-0.2, -0.15) is 5.10 Å². The average Bonchev–Trinajstić information content (AvgIpc) is 3.77. The van der Waals surface area contributed by atoms with E-state index in [0.717, 1.165) is 93.3 Å². The van der Waals surface area contributed by atoms with E-state index in [-0.39, 0.29) is 59.8 Å². The summed E-state index contributed by atoms with van der Waals surface area (Å²) in [5, 5.41) is 13.7. The zero-order valence-corrected chi connectivity index (χ0v) is 40.1. The maximum atomic E-state index is 14.0. The van der Waals surface area contributed by atoms with Gasteiger partial charge in [-0.05, 0) is 68.6 Å². The Morgan fingerprint density at radius 3 is 2.22 bits per heavy atom. The summed E-state index contributed by atoms with van der Waals surface area (Å²) in [6.07, 6.45) is 8.84. The van der Waals surface area contributed by atoms with E-state index in [2.05, 4.69) is 30.8 Å². The number of aryl methyl sites for hydroxylation is 1. The Hall–Kier alpha value is -6.18. The number of amides is 6. The highest BCUT2D eigenvalue weighted by Gasteiger charge is 2.43. The summed E-state index contributed by atoms with van der Waals surface area (Å²) in [6.45, 7) is 6.75. The molecule has 2 saturated heterocycles. The van der Waals surface area contributed by atoms with Crippen molar-refractivity contribution in [3.8, 4) is 11.5 Å². The van der Waals surface area contributed by atoms with E-state index >= 15 is 0 Å². The second kappa shape index (κ2) is 22.3. The number of ether oxygens (including phenoxy) is 2. The molecule has 4 aromatic rings. The molecule has 18 nitrogen and oxygen atoms in total. The SMILES string of the molecule is CCOc1cc([C@@H](CS(C)(=O)=O)N2C(=O)c3cccc(NC(=O)CCCCCCCCCN4CCN(CC(=O)Nc5cccc6c(C7CCC(=O)NC7=O)nn(C)c56)CC4)c3C2=O)ccc1OC. The third-order valence-corrected chi connectivity index (χ3v) is 13.7. The molecule has 6 amide bonds. The van der Waals surface area contributed by atoms with E-state index in [1.165, 1.54) is 13.2 Å². The Morgan fingerprint density at radius 1 is 0.838 bits per heavy atom. The van der Waals surface area contributed by atoms with E-state index < -0.39 is 39.4 Å². The van der Waals surface area contributed by atoms with Crippen LogP contribution in [-0.4, -0.2) is 133 Å². The Balaban J connectivity index is 0.789. The number of carbonyl (C=O) groups is 6. The van der Waals surface area contributed by atoms with E-state index in [4.69, 9.17) is 9.47 Å². The van der Waals surface area contributed by atoms with Crippen molar-refractivity contribution in [3.05, 3.63) is 77.0 Å². The molecule has 4 heterocycles. The number of piperidine rings is 1. The van der Waals surface area contributed by atoms with Crippen LogP contribution in [0.15, 0.2) is 54.6 Å². The molecule has 7 rings (SSSR count). The van der Waals surface area contributed by atoms with Crippen LogP contribution in [0.25, 0.3) is 10.9 Å². The molecule has 0 spiro atoms. The first-order valence-corrected chi connectivity index (χ1v) is 25.5. The van der Waals surface area contributed by atoms with Crippen molar-refractivity contribution in [2.45, 2.75) is 83.1 Å². The van der Waals surface area contributed by atoms with Crippen LogP contribution < -0.4 is 25.4 Å². The fourth-order valence-corrected chi connectivity index (χ4v) is 10.3. The van der Waals surface area contributed by atoms with Crippen molar-refractivity contribution in [3.63, 3.8) is 0 Å². The molecule has 19 heteroatoms. The average molecular weight is 955 g/mol. The molecule has 1 unspecified atom stereocenters. The molecule has 3 aliphatic rings. The van der Waals surface area contributed by atoms with Crippen LogP contribution in [0, 0.1) is 0 Å². The summed E-state index contributed by atoms with van der Waals surface area (Å²) in [5.41, 5.74) is 2.70. The van der Waals surface area contributed by atoms with E-state index in [1.807, 2.05) is 18.2 Å². The lowest BCUT2D eigenvalue weighted by molar-refractivity contribution is -0.134. The fourth-order valence-electron chi connectivity index (χ4n) is 9.42. The number of benzene rings is 3. The van der Waals surface area contributed by atoms with Gasteiger partial charge in [0.25, 0.3) is 11.8 Å². The van der Waals surface area contributed by atoms with Crippen molar-refractivity contribution in [1.82, 2.24) is 29.8 Å². The highest BCUT2D eigenvalue weighted by atomic mass is 32.2. The molecule has 3 aromatic carbocycles. The summed E-state index contributed by atoms with van der Waals surface area (Å²) in [6, 6.07) is 13.9. The number of imide groups is 2.